The SMILES string of the molecule is CC(=O)O[C@H]1C[C@@]2(C)C(C[C@@H](O)C3[C@@]4(C)CC[C@@H](O)[C@@H](C)C4CC[C@@]32C)C1=C(CCC=C(C)C)C(=O)NCCNCCNCCNCCN. The van der Waals surface area contributed by atoms with Gasteiger partial charge in [0.25, 0.3) is 0 Å². The summed E-state index contributed by atoms with van der Waals surface area (Å²) in [5, 5.41) is 36.3. The first-order chi connectivity index (χ1) is 23.2. The van der Waals surface area contributed by atoms with Gasteiger partial charge in [0, 0.05) is 64.9 Å². The minimum atomic E-state index is -0.541. The van der Waals surface area contributed by atoms with Crippen LogP contribution in [0.4, 0.5) is 0 Å². The normalized spacial score (nSPS) is 37.8. The number of fused-ring (bicyclic) bond motifs is 5. The molecule has 1 amide bonds. The third kappa shape index (κ3) is 8.47. The molecule has 4 aliphatic carbocycles. The van der Waals surface area contributed by atoms with Gasteiger partial charge in [-0.05, 0) is 111 Å². The molecule has 0 aliphatic heterocycles. The monoisotopic (exact) mass is 688 g/mol. The molecule has 4 aliphatic rings. The number of ether oxygens (including phenoxy) is 1. The van der Waals surface area contributed by atoms with Crippen LogP contribution in [0.25, 0.3) is 0 Å². The summed E-state index contributed by atoms with van der Waals surface area (Å²) < 4.78 is 6.14. The van der Waals surface area contributed by atoms with Gasteiger partial charge in [-0.25, -0.2) is 0 Å². The van der Waals surface area contributed by atoms with Gasteiger partial charge in [-0.15, -0.1) is 0 Å². The minimum Gasteiger partial charge on any atom is -0.458 e. The van der Waals surface area contributed by atoms with Crippen LogP contribution in [0.15, 0.2) is 22.8 Å². The molecule has 4 saturated carbocycles. The van der Waals surface area contributed by atoms with Gasteiger partial charge in [0.05, 0.1) is 12.2 Å². The lowest BCUT2D eigenvalue weighted by Gasteiger charge is -2.69. The Kier molecular flexibility index (Phi) is 14.0. The van der Waals surface area contributed by atoms with Crippen LogP contribution in [-0.2, 0) is 14.3 Å². The van der Waals surface area contributed by atoms with E-state index in [9.17, 15) is 19.8 Å². The average Bonchev–Trinajstić information content (AvgIpc) is 3.30. The van der Waals surface area contributed by atoms with Crippen LogP contribution in [0, 0.1) is 39.9 Å². The Morgan fingerprint density at radius 1 is 0.898 bits per heavy atom. The third-order valence-electron chi connectivity index (χ3n) is 13.4. The second-order valence-electron chi connectivity index (χ2n) is 16.6. The predicted molar refractivity (Wildman–Crippen MR) is 196 cm³/mol. The second-order valence-corrected chi connectivity index (χ2v) is 16.6. The highest BCUT2D eigenvalue weighted by molar-refractivity contribution is 5.94. The summed E-state index contributed by atoms with van der Waals surface area (Å²) in [6, 6.07) is 0. The standard InChI is InChI=1S/C39H69N5O5/c1-25(2)9-8-10-28(36(48)44-22-21-43-20-19-42-18-17-41-16-15-40)34-30-23-32(47)35-37(5)13-12-31(46)26(3)29(37)11-14-38(35,6)39(30,7)24-33(34)49-27(4)45/h9,26,29-33,35,41-43,46-47H,8,10-24,40H2,1-7H3,(H,44,48)/t26-,29?,30?,31+,32+,33-,35?,37-,38-,39-/m0/s1. The minimum absolute atomic E-state index is 0.0676. The molecule has 8 N–H and O–H groups in total. The predicted octanol–water partition coefficient (Wildman–Crippen LogP) is 3.43. The molecule has 49 heavy (non-hydrogen) atoms. The number of rotatable bonds is 16. The van der Waals surface area contributed by atoms with E-state index >= 15 is 0 Å². The number of allylic oxidation sites excluding steroid dienone is 2. The number of aliphatic hydroxyl groups excluding tert-OH is 2. The zero-order valence-electron chi connectivity index (χ0n) is 31.6. The van der Waals surface area contributed by atoms with Crippen LogP contribution in [0.5, 0.6) is 0 Å². The summed E-state index contributed by atoms with van der Waals surface area (Å²) in [7, 11) is 0. The number of carbonyl (C=O) groups excluding carboxylic acids is 2. The molecule has 4 fully saturated rings. The molecule has 0 spiro atoms. The summed E-state index contributed by atoms with van der Waals surface area (Å²) in [6.07, 6.45) is 6.95. The van der Waals surface area contributed by atoms with E-state index < -0.39 is 12.2 Å². The zero-order valence-corrected chi connectivity index (χ0v) is 31.6. The molecular weight excluding hydrogens is 618 g/mol. The Morgan fingerprint density at radius 3 is 2.14 bits per heavy atom. The lowest BCUT2D eigenvalue weighted by atomic mass is 9.36. The van der Waals surface area contributed by atoms with Gasteiger partial charge in [-0.3, -0.25) is 9.59 Å². The van der Waals surface area contributed by atoms with Gasteiger partial charge in [0.1, 0.15) is 6.10 Å². The fourth-order valence-electron chi connectivity index (χ4n) is 11.0. The molecule has 0 saturated heterocycles. The maximum Gasteiger partial charge on any atom is 0.303 e. The fraction of sp³-hybridized carbons (Fsp3) is 0.846. The van der Waals surface area contributed by atoms with E-state index in [-0.39, 0.29) is 52.0 Å². The molecule has 10 heteroatoms. The maximum absolute atomic E-state index is 14.2. The first-order valence-corrected chi connectivity index (χ1v) is 19.2. The Labute approximate surface area is 296 Å². The average molecular weight is 688 g/mol. The molecule has 280 valence electrons. The molecule has 0 aromatic carbocycles. The van der Waals surface area contributed by atoms with Gasteiger partial charge in [0.15, 0.2) is 0 Å². The molecule has 10 nitrogen and oxygen atoms in total. The maximum atomic E-state index is 14.2. The summed E-state index contributed by atoms with van der Waals surface area (Å²) in [6.45, 7) is 20.9. The number of hydrogen-bond acceptors (Lipinski definition) is 9. The second kappa shape index (κ2) is 17.1. The number of aliphatic hydroxyl groups is 2. The van der Waals surface area contributed by atoms with Gasteiger partial charge >= 0.3 is 5.97 Å². The molecule has 0 aromatic heterocycles. The first kappa shape index (κ1) is 40.0. The van der Waals surface area contributed by atoms with Crippen molar-refractivity contribution in [1.82, 2.24) is 21.3 Å². The third-order valence-corrected chi connectivity index (χ3v) is 13.4. The summed E-state index contributed by atoms with van der Waals surface area (Å²) in [4.78, 5) is 26.8. The molecular formula is C39H69N5O5. The molecule has 0 radical (unpaired) electrons. The molecule has 0 bridgehead atoms. The Hall–Kier alpha value is -1.82. The van der Waals surface area contributed by atoms with Gasteiger partial charge in [0.2, 0.25) is 5.91 Å². The fourth-order valence-corrected chi connectivity index (χ4v) is 11.0. The highest BCUT2D eigenvalue weighted by Gasteiger charge is 2.70. The van der Waals surface area contributed by atoms with Crippen molar-refractivity contribution in [3.05, 3.63) is 22.8 Å². The van der Waals surface area contributed by atoms with E-state index in [2.05, 4.69) is 68.9 Å². The number of esters is 1. The Balaban J connectivity index is 1.58. The zero-order chi connectivity index (χ0) is 36.0. The van der Waals surface area contributed by atoms with Crippen molar-refractivity contribution in [1.29, 1.82) is 0 Å². The lowest BCUT2D eigenvalue weighted by molar-refractivity contribution is -0.234. The number of hydrogen-bond donors (Lipinski definition) is 7. The van der Waals surface area contributed by atoms with Crippen LogP contribution in [0.1, 0.15) is 99.8 Å². The summed E-state index contributed by atoms with van der Waals surface area (Å²) >= 11 is 0. The van der Waals surface area contributed by atoms with Crippen molar-refractivity contribution in [2.45, 2.75) is 118 Å². The number of nitrogens with two attached hydrogens (primary N) is 1. The number of amides is 1. The largest absolute Gasteiger partial charge is 0.458 e. The van der Waals surface area contributed by atoms with Crippen molar-refractivity contribution < 1.29 is 24.5 Å². The highest BCUT2D eigenvalue weighted by atomic mass is 16.5. The quantitative estimate of drug-likeness (QED) is 0.0559. The van der Waals surface area contributed by atoms with Crippen molar-refractivity contribution in [3.8, 4) is 0 Å². The highest BCUT2D eigenvalue weighted by Crippen LogP contribution is 2.74. The van der Waals surface area contributed by atoms with Crippen molar-refractivity contribution in [2.24, 2.45) is 45.7 Å². The Bertz CT molecular complexity index is 1200. The smallest absolute Gasteiger partial charge is 0.303 e. The van der Waals surface area contributed by atoms with Crippen LogP contribution < -0.4 is 27.0 Å². The van der Waals surface area contributed by atoms with Crippen LogP contribution in [0.3, 0.4) is 0 Å². The van der Waals surface area contributed by atoms with E-state index in [1.165, 1.54) is 12.5 Å². The van der Waals surface area contributed by atoms with Crippen LogP contribution in [-0.4, -0.2) is 92.8 Å². The first-order valence-electron chi connectivity index (χ1n) is 19.2. The van der Waals surface area contributed by atoms with E-state index in [1.807, 2.05) is 0 Å². The number of carbonyl (C=O) groups is 2. The van der Waals surface area contributed by atoms with Gasteiger partial charge in [-0.1, -0.05) is 39.3 Å². The Morgan fingerprint density at radius 2 is 1.53 bits per heavy atom. The molecule has 0 aromatic rings. The molecule has 4 rings (SSSR count). The van der Waals surface area contributed by atoms with E-state index in [1.54, 1.807) is 0 Å². The van der Waals surface area contributed by atoms with Crippen molar-refractivity contribution in [3.63, 3.8) is 0 Å². The van der Waals surface area contributed by atoms with Gasteiger partial charge in [-0.2, -0.15) is 0 Å². The van der Waals surface area contributed by atoms with Crippen molar-refractivity contribution >= 4 is 11.9 Å². The number of nitrogens with one attached hydrogen (secondary N) is 4. The lowest BCUT2D eigenvalue weighted by Crippen LogP contribution is -2.65. The van der Waals surface area contributed by atoms with Crippen molar-refractivity contribution in [2.75, 3.05) is 52.4 Å². The van der Waals surface area contributed by atoms with Crippen LogP contribution in [0.2, 0.25) is 0 Å². The molecule has 10 atom stereocenters. The van der Waals surface area contributed by atoms with E-state index in [4.69, 9.17) is 10.5 Å². The topological polar surface area (TPSA) is 158 Å². The summed E-state index contributed by atoms with van der Waals surface area (Å²) in [5.74, 6) is 0.118. The van der Waals surface area contributed by atoms with Gasteiger partial charge < -0.3 is 42.0 Å². The molecule has 3 unspecified atom stereocenters. The summed E-state index contributed by atoms with van der Waals surface area (Å²) in [5.41, 5.74) is 7.78. The van der Waals surface area contributed by atoms with Crippen LogP contribution >= 0.6 is 0 Å². The van der Waals surface area contributed by atoms with E-state index in [0.29, 0.717) is 50.4 Å². The van der Waals surface area contributed by atoms with E-state index in [0.717, 1.165) is 70.4 Å². The molecule has 0 heterocycles.